The van der Waals surface area contributed by atoms with Crippen molar-refractivity contribution < 1.29 is 77.0 Å². The van der Waals surface area contributed by atoms with Crippen molar-refractivity contribution >= 4 is 277 Å². The second-order valence-corrected chi connectivity index (χ2v) is 35.6. The van der Waals surface area contributed by atoms with Crippen LogP contribution in [0.15, 0.2) is 247 Å². The lowest BCUT2D eigenvalue weighted by atomic mass is 9.94. The van der Waals surface area contributed by atoms with E-state index < -0.39 is 84.1 Å². The molecular weight excluding hydrogens is 2030 g/mol. The second kappa shape index (κ2) is 41.7. The zero-order chi connectivity index (χ0) is 98.9. The number of aliphatic carboxylic acids is 6. The Balaban J connectivity index is 0.000000132. The van der Waals surface area contributed by atoms with Crippen molar-refractivity contribution in [3.8, 4) is 0 Å². The number of carboxylic acid groups (broad SMARTS) is 6. The van der Waals surface area contributed by atoms with Crippen LogP contribution in [0.5, 0.6) is 0 Å². The van der Waals surface area contributed by atoms with E-state index in [0.717, 1.165) is 74.4 Å². The second-order valence-electron chi connectivity index (χ2n) is 31.1. The summed E-state index contributed by atoms with van der Waals surface area (Å²) >= 11 is 58.6. The summed E-state index contributed by atoms with van der Waals surface area (Å²) in [6.07, 6.45) is 2.35. The van der Waals surface area contributed by atoms with Gasteiger partial charge in [-0.05, 0) is 200 Å². The van der Waals surface area contributed by atoms with Gasteiger partial charge in [0.05, 0.1) is 101 Å². The highest BCUT2D eigenvalue weighted by Crippen LogP contribution is 2.46. The van der Waals surface area contributed by atoms with Crippen molar-refractivity contribution in [2.24, 2.45) is 0 Å². The lowest BCUT2D eigenvalue weighted by Gasteiger charge is -2.33. The van der Waals surface area contributed by atoms with E-state index in [4.69, 9.17) is 115 Å². The molecule has 23 nitrogen and oxygen atoms in total. The molecule has 0 amide bonds. The number of nitrogens with zero attached hydrogens (tertiary/aromatic N) is 6. The molecule has 0 saturated heterocycles. The Bertz CT molecular complexity index is 8340. The monoisotopic (exact) mass is 2090 g/mol. The van der Waals surface area contributed by atoms with Crippen molar-refractivity contribution in [3.63, 3.8) is 0 Å². The fourth-order valence-corrected chi connectivity index (χ4v) is 18.7. The van der Waals surface area contributed by atoms with Crippen molar-refractivity contribution in [1.29, 1.82) is 0 Å². The van der Waals surface area contributed by atoms with Gasteiger partial charge in [-0.2, -0.15) is 0 Å². The van der Waals surface area contributed by atoms with Crippen molar-refractivity contribution in [3.05, 3.63) is 376 Å². The highest BCUT2D eigenvalue weighted by Gasteiger charge is 2.30. The van der Waals surface area contributed by atoms with Crippen LogP contribution in [0.2, 0.25) is 45.2 Å². The average Bonchev–Trinajstić information content (AvgIpc) is 0.757. The van der Waals surface area contributed by atoms with Gasteiger partial charge in [0.1, 0.15) is 55.9 Å². The van der Waals surface area contributed by atoms with Gasteiger partial charge >= 0.3 is 35.8 Å². The van der Waals surface area contributed by atoms with Gasteiger partial charge in [0.2, 0.25) is 0 Å². The molecule has 1 aliphatic heterocycles. The third-order valence-electron chi connectivity index (χ3n) is 22.3. The average molecular weight is 2100 g/mol. The van der Waals surface area contributed by atoms with Crippen molar-refractivity contribution in [2.45, 2.75) is 65.8 Å². The number of carbonyl (C=O) groups is 6. The summed E-state index contributed by atoms with van der Waals surface area (Å²) in [5.41, 5.74) is 8.23. The summed E-state index contributed by atoms with van der Waals surface area (Å²) in [6, 6.07) is 59.5. The van der Waals surface area contributed by atoms with Gasteiger partial charge in [-0.15, -0.1) is 0 Å². The number of halogens is 14. The highest BCUT2D eigenvalue weighted by atomic mass is 79.9. The zero-order valence-electron chi connectivity index (χ0n) is 70.8. The maximum Gasteiger partial charge on any atom is 0.323 e. The van der Waals surface area contributed by atoms with E-state index in [9.17, 15) is 90.7 Å². The van der Waals surface area contributed by atoms with Crippen LogP contribution in [0.3, 0.4) is 0 Å². The Morgan fingerprint density at radius 3 is 1.16 bits per heavy atom. The molecule has 0 unspecified atom stereocenters. The van der Waals surface area contributed by atoms with E-state index in [2.05, 4.69) is 28.1 Å². The van der Waals surface area contributed by atoms with Gasteiger partial charge in [0.25, 0.3) is 0 Å². The molecule has 0 aliphatic carbocycles. The molecule has 19 rings (SSSR count). The predicted octanol–water partition coefficient (Wildman–Crippen LogP) is 23.6. The van der Waals surface area contributed by atoms with Crippen molar-refractivity contribution in [1.82, 2.24) is 22.8 Å². The van der Waals surface area contributed by atoms with E-state index in [-0.39, 0.29) is 131 Å². The van der Waals surface area contributed by atoms with E-state index in [1.807, 2.05) is 61.5 Å². The first-order valence-corrected chi connectivity index (χ1v) is 44.9. The quantitative estimate of drug-likeness (QED) is 0.0410. The molecule has 18 aromatic rings. The molecule has 5 aromatic heterocycles. The van der Waals surface area contributed by atoms with Gasteiger partial charge in [-0.25, -0.2) is 17.6 Å². The number of hydrogen-bond acceptors (Lipinski definition) is 12. The summed E-state index contributed by atoms with van der Waals surface area (Å²) in [5, 5.41) is 59.6. The van der Waals surface area contributed by atoms with Gasteiger partial charge in [-0.3, -0.25) is 52.7 Å². The lowest BCUT2D eigenvalue weighted by Crippen LogP contribution is -2.29. The third kappa shape index (κ3) is 20.6. The number of aryl methyl sites for hydroxylation is 4. The number of benzene rings is 13. The SMILES string of the molecule is Cc1cc2c(=O)c3ccc(Cl)c(Cl)c3n(CC(=O)O)c2cc1F.Cc1ccc2c(c1)N(CC(=O)O)c1c(ccc(Cl)c1Cl)C2.O=C(O)Cn1c2ccc(Br)cc2c(=O)c2ccc(Cl)c(Cl)c21.O=C(O)Cn1c2ccc(CCc3ccccc3)cc2c(=O)c2ccc(Cl)c(Cl)c21.O=C(O)Cn1c2ccccc2c(=O)c2ccc(F)c(Cl)c21.O=C(O)Cn1c2ccccc2c(=O)c2ccc(F)c(F)c21. The van der Waals surface area contributed by atoms with Crippen LogP contribution in [0.4, 0.5) is 28.9 Å². The molecule has 6 N–H and O–H groups in total. The van der Waals surface area contributed by atoms with Crippen LogP contribution in [0.1, 0.15) is 33.4 Å². The number of para-hydroxylation sites is 2. The first-order valence-electron chi connectivity index (χ1n) is 40.7. The molecule has 137 heavy (non-hydrogen) atoms. The Morgan fingerprint density at radius 1 is 0.314 bits per heavy atom. The first kappa shape index (κ1) is 99.6. The minimum atomic E-state index is -1.23. The normalized spacial score (nSPS) is 11.5. The molecule has 1 aliphatic rings. The summed E-state index contributed by atoms with van der Waals surface area (Å²) < 4.78 is 62.7. The first-order chi connectivity index (χ1) is 65.1. The van der Waals surface area contributed by atoms with E-state index in [0.29, 0.717) is 75.8 Å². The summed E-state index contributed by atoms with van der Waals surface area (Å²) in [6.45, 7) is 1.26. The van der Waals surface area contributed by atoms with Crippen LogP contribution >= 0.6 is 120 Å². The summed E-state index contributed by atoms with van der Waals surface area (Å²) in [5.74, 6) is -10.0. The number of carboxylic acids is 6. The smallest absolute Gasteiger partial charge is 0.323 e. The van der Waals surface area contributed by atoms with Gasteiger partial charge < -0.3 is 58.4 Å². The number of fused-ring (bicyclic) bond motifs is 12. The number of anilines is 2. The molecule has 696 valence electrons. The predicted molar refractivity (Wildman–Crippen MR) is 533 cm³/mol. The van der Waals surface area contributed by atoms with Crippen LogP contribution in [0, 0.1) is 37.1 Å². The summed E-state index contributed by atoms with van der Waals surface area (Å²) in [4.78, 5) is 132. The van der Waals surface area contributed by atoms with E-state index in [1.165, 1.54) is 74.7 Å². The number of aromatic nitrogens is 5. The van der Waals surface area contributed by atoms with Crippen LogP contribution < -0.4 is 32.0 Å². The molecule has 13 aromatic carbocycles. The molecular formula is C100H66BrCl9F4N6O17. The highest BCUT2D eigenvalue weighted by molar-refractivity contribution is 9.10. The number of rotatable bonds is 15. The molecule has 0 radical (unpaired) electrons. The summed E-state index contributed by atoms with van der Waals surface area (Å²) in [7, 11) is 0. The minimum Gasteiger partial charge on any atom is -0.480 e. The van der Waals surface area contributed by atoms with Gasteiger partial charge in [-0.1, -0.05) is 199 Å². The van der Waals surface area contributed by atoms with Crippen LogP contribution in [-0.2, 0) is 80.8 Å². The Labute approximate surface area is 823 Å². The molecule has 0 atom stereocenters. The molecule has 0 bridgehead atoms. The molecule has 6 heterocycles. The van der Waals surface area contributed by atoms with Crippen molar-refractivity contribution in [2.75, 3.05) is 11.4 Å². The fourth-order valence-electron chi connectivity index (χ4n) is 16.4. The maximum atomic E-state index is 14.1. The van der Waals surface area contributed by atoms with E-state index in [1.54, 1.807) is 94.4 Å². The van der Waals surface area contributed by atoms with Gasteiger partial charge in [0.15, 0.2) is 38.8 Å². The maximum absolute atomic E-state index is 14.1. The standard InChI is InChI=1S/C23H17Cl2NO3.C16H10Cl2FNO3.C16H13Cl2NO2.C15H8BrCl2NO3.C15H9ClFNO3.C15H9F2NO3/c24-18-10-9-16-22(21(18)25)26(13-20(27)28)19-11-8-15(12-17(19)23(16)29)7-6-14-4-2-1-3-5-14;1-7-4-9-12(5-11(7)19)20(6-13(21)22)15-8(16(9)23)2-3-10(17)14(15)18;1-9-2-3-10-7-11-4-5-12(17)15(18)16(11)19(8-14(20)21)13(10)6-9;16-7-1-4-11-9(5-7)15(22)8-2-3-10(17)13(18)14(8)19(11)6-12(20)21;16-13-10(17)6-5-9-14(13)18(7-12(19)20)11-4-2-1-3-8(11)15(9)21;16-10-6-5-9-14(13(10)17)18(7-12(19)20)11-4-2-1-3-8(11)15(9)21/h1-5,8-12H,6-7,13H2,(H,27,28);2-5H,6H2,1H3,(H,21,22);2-6H,7-8H2,1H3,(H,20,21);1-5H,6H2,(H,20,21);2*1-6H,7H2,(H,19,20). The molecule has 0 fully saturated rings. The molecule has 0 saturated carbocycles. The minimum absolute atomic E-state index is 0.0474. The fraction of sp³-hybridized carbons (Fsp3) is 0.110. The lowest BCUT2D eigenvalue weighted by molar-refractivity contribution is -0.138. The van der Waals surface area contributed by atoms with Gasteiger partial charge in [0, 0.05) is 70.4 Å². The Kier molecular flexibility index (Phi) is 30.3. The number of hydrogen-bond donors (Lipinski definition) is 6. The zero-order valence-corrected chi connectivity index (χ0v) is 79.2. The van der Waals surface area contributed by atoms with Crippen LogP contribution in [-0.4, -0.2) is 95.8 Å². The van der Waals surface area contributed by atoms with E-state index >= 15 is 0 Å². The topological polar surface area (TPSA) is 337 Å². The third-order valence-corrected chi connectivity index (χ3v) is 26.4. The molecule has 0 spiro atoms. The Morgan fingerprint density at radius 2 is 0.679 bits per heavy atom. The molecule has 37 heteroatoms. The van der Waals surface area contributed by atoms with Crippen LogP contribution in [0.25, 0.3) is 109 Å². The Hall–Kier alpha value is -13.4. The number of pyridine rings is 5. The largest absolute Gasteiger partial charge is 0.480 e.